The maximum absolute atomic E-state index is 9.41. The molecule has 9 atom stereocenters. The molecule has 780 valence electrons. The summed E-state index contributed by atoms with van der Waals surface area (Å²) in [7, 11) is 6.00. The van der Waals surface area contributed by atoms with Crippen molar-refractivity contribution in [2.75, 3.05) is 42.7 Å². The van der Waals surface area contributed by atoms with Crippen molar-refractivity contribution < 1.29 is 46.0 Å². The van der Waals surface area contributed by atoms with Crippen LogP contribution in [0.3, 0.4) is 0 Å². The molecule has 0 saturated carbocycles. The minimum Gasteiger partial charge on any atom is -0.508 e. The lowest BCUT2D eigenvalue weighted by Crippen LogP contribution is -1.95. The fourth-order valence-corrected chi connectivity index (χ4v) is 15.7. The van der Waals surface area contributed by atoms with Gasteiger partial charge in [-0.15, -0.1) is 0 Å². The van der Waals surface area contributed by atoms with E-state index in [1.165, 1.54) is 169 Å². The van der Waals surface area contributed by atoms with Gasteiger partial charge in [-0.05, 0) is 296 Å². The second-order valence-corrected chi connectivity index (χ2v) is 34.4. The Labute approximate surface area is 868 Å². The maximum Gasteiger partial charge on any atom is 0.119 e. The van der Waals surface area contributed by atoms with Gasteiger partial charge in [-0.2, -0.15) is 0 Å². The largest absolute Gasteiger partial charge is 0.508 e. The first-order valence-corrected chi connectivity index (χ1v) is 49.4. The SMILES string of the molecule is C.C.C.C.C.C.CCC(C)c1c2ccccc2cc2ccccc12.CCC(C)c1ccc(O)cc1.CCC(C)c1ccc2cc3ccccc3cc2c1.CCC(C)c1ccc2ccc3ccccc3c2c1.CCC(C)c1ccc2ccccc2c1.CCC(C)c1cccc(O)c1.CCC(C)c1cccc2ccccc12.CCC(C)c1ccccc1.CCC(C)c1ccccc1O.CO.CO.CO.CO.CO.CO. The van der Waals surface area contributed by atoms with E-state index in [9.17, 15) is 5.11 Å². The molecular formula is C134H190O9. The zero-order chi connectivity index (χ0) is 102. The lowest BCUT2D eigenvalue weighted by molar-refractivity contribution is 0.399. The molecule has 0 saturated heterocycles. The van der Waals surface area contributed by atoms with E-state index in [0.717, 1.165) is 67.5 Å². The van der Waals surface area contributed by atoms with Crippen LogP contribution in [0.4, 0.5) is 0 Å². The molecule has 9 N–H and O–H groups in total. The number of aliphatic hydroxyl groups is 6. The van der Waals surface area contributed by atoms with Crippen LogP contribution in [0, 0.1) is 0 Å². The zero-order valence-corrected chi connectivity index (χ0v) is 87.1. The summed E-state index contributed by atoms with van der Waals surface area (Å²) >= 11 is 0. The molecule has 0 aliphatic rings. The molecule has 9 unspecified atom stereocenters. The second kappa shape index (κ2) is 78.5. The molecule has 0 aliphatic carbocycles. The number of hydrogen-bond donors (Lipinski definition) is 9. The van der Waals surface area contributed by atoms with E-state index in [1.807, 2.05) is 48.5 Å². The summed E-state index contributed by atoms with van der Waals surface area (Å²) in [5, 5.41) is 91.3. The van der Waals surface area contributed by atoms with E-state index in [1.54, 1.807) is 24.3 Å². The summed E-state index contributed by atoms with van der Waals surface area (Å²) in [6.07, 6.45) is 10.5. The number of benzene rings is 17. The van der Waals surface area contributed by atoms with Crippen LogP contribution >= 0.6 is 0 Å². The van der Waals surface area contributed by atoms with Gasteiger partial charge in [0.15, 0.2) is 0 Å². The average molecular weight is 1940 g/mol. The van der Waals surface area contributed by atoms with Gasteiger partial charge in [0.05, 0.1) is 0 Å². The predicted octanol–water partition coefficient (Wildman–Crippen LogP) is 38.6. The fraction of sp³-hybridized carbons (Fsp3) is 0.358. The van der Waals surface area contributed by atoms with Crippen LogP contribution in [0.25, 0.3) is 86.2 Å². The molecule has 0 radical (unpaired) electrons. The number of rotatable bonds is 18. The molecule has 0 spiro atoms. The molecular weight excluding hydrogens is 1750 g/mol. The first-order chi connectivity index (χ1) is 66.6. The molecule has 17 rings (SSSR count). The number of fused-ring (bicyclic) bond motifs is 9. The molecule has 0 amide bonds. The van der Waals surface area contributed by atoms with Crippen LogP contribution in [0.15, 0.2) is 352 Å². The van der Waals surface area contributed by atoms with Crippen LogP contribution in [0.2, 0.25) is 0 Å². The predicted molar refractivity (Wildman–Crippen MR) is 641 cm³/mol. The Kier molecular flexibility index (Phi) is 75.3. The molecule has 0 bridgehead atoms. The third-order valence-electron chi connectivity index (χ3n) is 25.9. The highest BCUT2D eigenvalue weighted by Crippen LogP contribution is 2.37. The number of phenols is 3. The van der Waals surface area contributed by atoms with Gasteiger partial charge in [0.1, 0.15) is 17.2 Å². The smallest absolute Gasteiger partial charge is 0.119 e. The molecule has 17 aromatic rings. The van der Waals surface area contributed by atoms with Gasteiger partial charge < -0.3 is 46.0 Å². The fourth-order valence-electron chi connectivity index (χ4n) is 15.7. The highest BCUT2D eigenvalue weighted by Gasteiger charge is 2.15. The van der Waals surface area contributed by atoms with Gasteiger partial charge in [0.25, 0.3) is 0 Å². The quantitative estimate of drug-likeness (QED) is 0.0298. The number of phenolic OH excluding ortho intramolecular Hbond substituents is 3. The first-order valence-electron chi connectivity index (χ1n) is 49.4. The van der Waals surface area contributed by atoms with E-state index in [2.05, 4.69) is 404 Å². The number of para-hydroxylation sites is 1. The zero-order valence-electron chi connectivity index (χ0n) is 87.1. The summed E-state index contributed by atoms with van der Waals surface area (Å²) in [6, 6.07) is 123. The van der Waals surface area contributed by atoms with Crippen molar-refractivity contribution in [3.8, 4) is 17.2 Å². The monoisotopic (exact) mass is 1940 g/mol. The van der Waals surface area contributed by atoms with Gasteiger partial charge in [-0.25, -0.2) is 0 Å². The normalized spacial score (nSPS) is 11.6. The molecule has 0 heterocycles. The Morgan fingerprint density at radius 1 is 0.161 bits per heavy atom. The topological polar surface area (TPSA) is 182 Å². The first kappa shape index (κ1) is 137. The summed E-state index contributed by atoms with van der Waals surface area (Å²) in [4.78, 5) is 0. The molecule has 0 aromatic heterocycles. The number of aromatic hydroxyl groups is 3. The van der Waals surface area contributed by atoms with Crippen molar-refractivity contribution in [2.24, 2.45) is 0 Å². The van der Waals surface area contributed by atoms with Crippen molar-refractivity contribution in [2.45, 2.75) is 280 Å². The Balaban J connectivity index is -0.000000751. The van der Waals surface area contributed by atoms with E-state index in [4.69, 9.17) is 40.9 Å². The van der Waals surface area contributed by atoms with E-state index >= 15 is 0 Å². The Morgan fingerprint density at radius 2 is 0.420 bits per heavy atom. The highest BCUT2D eigenvalue weighted by molar-refractivity contribution is 6.08. The van der Waals surface area contributed by atoms with Gasteiger partial charge in [0.2, 0.25) is 0 Å². The van der Waals surface area contributed by atoms with Crippen LogP contribution in [0.5, 0.6) is 17.2 Å². The third-order valence-corrected chi connectivity index (χ3v) is 25.9. The van der Waals surface area contributed by atoms with Crippen LogP contribution < -0.4 is 0 Å². The lowest BCUT2D eigenvalue weighted by Gasteiger charge is -2.16. The van der Waals surface area contributed by atoms with Gasteiger partial charge in [-0.1, -0.05) is 473 Å². The Morgan fingerprint density at radius 3 is 0.860 bits per heavy atom. The summed E-state index contributed by atoms with van der Waals surface area (Å²) < 4.78 is 0. The van der Waals surface area contributed by atoms with Crippen molar-refractivity contribution in [1.82, 2.24) is 0 Å². The molecule has 0 aliphatic heterocycles. The second-order valence-electron chi connectivity index (χ2n) is 34.4. The lowest BCUT2D eigenvalue weighted by atomic mass is 9.88. The van der Waals surface area contributed by atoms with Crippen molar-refractivity contribution >= 4 is 86.2 Å². The van der Waals surface area contributed by atoms with E-state index in [-0.39, 0.29) is 44.6 Å². The van der Waals surface area contributed by atoms with Gasteiger partial charge in [0, 0.05) is 42.7 Å². The summed E-state index contributed by atoms with van der Waals surface area (Å²) in [6.45, 7) is 40.1. The molecule has 9 nitrogen and oxygen atoms in total. The number of aliphatic hydroxyl groups excluding tert-OH is 6. The Hall–Kier alpha value is -12.0. The van der Waals surface area contributed by atoms with Crippen LogP contribution in [0.1, 0.15) is 330 Å². The Bertz CT molecular complexity index is 6020. The standard InChI is InChI=1S/3C18H18.2C14H16.3C10H14O.C10H14.6CH4O.6CH4/c1-3-13(2)18-16-10-6-4-8-14(16)12-15-9-5-7-11-17(15)18;1-3-13(2)14-8-9-17-11-15-6-4-5-7-16(15)12-18(17)10-14;1-3-13(2)16-11-10-15-9-8-14-6-4-5-7-17(14)18(15)12-16;1-3-11(2)13-10-6-8-12-7-4-5-9-14(12)13;1-3-11(2)13-9-8-12-6-4-5-7-14(12)10-13;1-3-8(2)9-4-6-10(11)7-5-9;1-3-8(2)9-5-4-6-10(11)7-9;1-3-8(2)9-6-4-5-7-10(9)11;1-3-9(2)10-7-5-4-6-8-10;6*1-2;;;;;;/h3*4-13H,3H2,1-2H3;2*4-11H,3H2,1-2H3;3*4-8,11H,3H2,1-2H3;4-9H,3H2,1-2H3;6*2H,1H3;6*1H4. The summed E-state index contributed by atoms with van der Waals surface area (Å²) in [5.41, 5.74) is 12.3. The third kappa shape index (κ3) is 43.6. The molecule has 17 aromatic carbocycles. The number of hydrogen-bond acceptors (Lipinski definition) is 9. The molecule has 9 heteroatoms. The average Bonchev–Trinajstić information content (AvgIpc) is 0.766. The van der Waals surface area contributed by atoms with E-state index in [0.29, 0.717) is 70.5 Å². The molecule has 0 fully saturated rings. The van der Waals surface area contributed by atoms with Gasteiger partial charge in [-0.3, -0.25) is 0 Å². The minimum atomic E-state index is 0. The van der Waals surface area contributed by atoms with Crippen molar-refractivity contribution in [3.63, 3.8) is 0 Å². The highest BCUT2D eigenvalue weighted by atomic mass is 16.3. The molecule has 143 heavy (non-hydrogen) atoms. The van der Waals surface area contributed by atoms with Crippen LogP contribution in [-0.4, -0.2) is 88.6 Å². The summed E-state index contributed by atoms with van der Waals surface area (Å²) in [5.74, 6) is 6.62. The maximum atomic E-state index is 9.41. The van der Waals surface area contributed by atoms with Crippen LogP contribution in [-0.2, 0) is 0 Å². The van der Waals surface area contributed by atoms with Crippen molar-refractivity contribution in [1.29, 1.82) is 0 Å². The van der Waals surface area contributed by atoms with Crippen molar-refractivity contribution in [3.05, 3.63) is 402 Å². The van der Waals surface area contributed by atoms with Gasteiger partial charge >= 0.3 is 0 Å². The van der Waals surface area contributed by atoms with E-state index < -0.39 is 0 Å². The minimum absolute atomic E-state index is 0.